The van der Waals surface area contributed by atoms with Crippen molar-refractivity contribution in [1.29, 1.82) is 0 Å². The Bertz CT molecular complexity index is 650. The van der Waals surface area contributed by atoms with Gasteiger partial charge in [0.05, 0.1) is 17.3 Å². The van der Waals surface area contributed by atoms with Crippen LogP contribution in [-0.2, 0) is 7.05 Å². The highest BCUT2D eigenvalue weighted by molar-refractivity contribution is 5.95. The van der Waals surface area contributed by atoms with Crippen LogP contribution in [0.15, 0.2) is 24.4 Å². The van der Waals surface area contributed by atoms with Gasteiger partial charge < -0.3 is 10.4 Å². The van der Waals surface area contributed by atoms with E-state index in [9.17, 15) is 18.7 Å². The average Bonchev–Trinajstić information content (AvgIpc) is 2.76. The molecule has 1 atom stereocenters. The first kappa shape index (κ1) is 15.1. The number of aliphatic hydroxyl groups excluding tert-OH is 1. The van der Waals surface area contributed by atoms with Crippen LogP contribution in [0.3, 0.4) is 0 Å². The second-order valence-corrected chi connectivity index (χ2v) is 4.63. The van der Waals surface area contributed by atoms with Crippen molar-refractivity contribution in [2.45, 2.75) is 13.0 Å². The summed E-state index contributed by atoms with van der Waals surface area (Å²) in [5.41, 5.74) is 0.540. The molecular formula is C14H15F2N3O2. The number of aryl methyl sites for hydroxylation is 1. The highest BCUT2D eigenvalue weighted by Gasteiger charge is 2.19. The maximum Gasteiger partial charge on any atom is 0.254 e. The highest BCUT2D eigenvalue weighted by Crippen LogP contribution is 2.20. The van der Waals surface area contributed by atoms with E-state index in [-0.39, 0.29) is 6.54 Å². The van der Waals surface area contributed by atoms with E-state index in [1.165, 1.54) is 16.9 Å². The van der Waals surface area contributed by atoms with E-state index in [2.05, 4.69) is 10.4 Å². The molecule has 0 bridgehead atoms. The van der Waals surface area contributed by atoms with Crippen LogP contribution < -0.4 is 5.32 Å². The fraction of sp³-hybridized carbons (Fsp3) is 0.286. The number of carbonyl (C=O) groups excluding carboxylic acids is 1. The van der Waals surface area contributed by atoms with E-state index < -0.39 is 29.2 Å². The number of halogens is 2. The summed E-state index contributed by atoms with van der Waals surface area (Å²) in [7, 11) is 1.69. The first-order valence-corrected chi connectivity index (χ1v) is 6.30. The maximum absolute atomic E-state index is 13.5. The summed E-state index contributed by atoms with van der Waals surface area (Å²) in [4.78, 5) is 11.9. The number of nitrogens with zero attached hydrogens (tertiary/aromatic N) is 2. The zero-order valence-corrected chi connectivity index (χ0v) is 11.6. The largest absolute Gasteiger partial charge is 0.386 e. The minimum absolute atomic E-state index is 0.301. The van der Waals surface area contributed by atoms with Gasteiger partial charge in [-0.05, 0) is 19.1 Å². The molecule has 21 heavy (non-hydrogen) atoms. The monoisotopic (exact) mass is 295 g/mol. The summed E-state index contributed by atoms with van der Waals surface area (Å²) in [6.45, 7) is 1.42. The zero-order chi connectivity index (χ0) is 15.6. The average molecular weight is 295 g/mol. The van der Waals surface area contributed by atoms with Gasteiger partial charge in [0.1, 0.15) is 17.7 Å². The second kappa shape index (κ2) is 6.01. The molecule has 0 aliphatic heterocycles. The lowest BCUT2D eigenvalue weighted by Crippen LogP contribution is -2.29. The first-order valence-electron chi connectivity index (χ1n) is 6.30. The third-order valence-electron chi connectivity index (χ3n) is 3.27. The number of carbonyl (C=O) groups is 1. The van der Waals surface area contributed by atoms with Gasteiger partial charge in [0.15, 0.2) is 0 Å². The SMILES string of the molecule is Cc1c(C(=O)NCC(O)c2c(F)cccc2F)cnn1C. The van der Waals surface area contributed by atoms with Crippen molar-refractivity contribution in [3.63, 3.8) is 0 Å². The summed E-state index contributed by atoms with van der Waals surface area (Å²) < 4.78 is 28.5. The lowest BCUT2D eigenvalue weighted by molar-refractivity contribution is 0.0910. The molecule has 0 aliphatic rings. The molecule has 0 radical (unpaired) electrons. The number of hydrogen-bond donors (Lipinski definition) is 2. The Morgan fingerprint density at radius 1 is 1.43 bits per heavy atom. The maximum atomic E-state index is 13.5. The van der Waals surface area contributed by atoms with Crippen LogP contribution in [0, 0.1) is 18.6 Å². The number of rotatable bonds is 4. The van der Waals surface area contributed by atoms with Gasteiger partial charge in [-0.3, -0.25) is 9.48 Å². The van der Waals surface area contributed by atoms with E-state index >= 15 is 0 Å². The van der Waals surface area contributed by atoms with E-state index in [0.717, 1.165) is 12.1 Å². The van der Waals surface area contributed by atoms with E-state index in [1.807, 2.05) is 0 Å². The third-order valence-corrected chi connectivity index (χ3v) is 3.27. The molecule has 0 aliphatic carbocycles. The zero-order valence-electron chi connectivity index (χ0n) is 11.6. The smallest absolute Gasteiger partial charge is 0.254 e. The van der Waals surface area contributed by atoms with Crippen LogP contribution in [-0.4, -0.2) is 27.3 Å². The molecule has 0 fully saturated rings. The number of benzene rings is 1. The Morgan fingerprint density at radius 2 is 2.05 bits per heavy atom. The van der Waals surface area contributed by atoms with Gasteiger partial charge in [-0.1, -0.05) is 6.07 Å². The normalized spacial score (nSPS) is 12.2. The summed E-state index contributed by atoms with van der Waals surface area (Å²) in [5.74, 6) is -2.17. The van der Waals surface area contributed by atoms with Crippen LogP contribution in [0.5, 0.6) is 0 Å². The number of aromatic nitrogens is 2. The van der Waals surface area contributed by atoms with Crippen molar-refractivity contribution in [2.24, 2.45) is 7.05 Å². The van der Waals surface area contributed by atoms with Gasteiger partial charge in [0, 0.05) is 19.3 Å². The van der Waals surface area contributed by atoms with E-state index in [0.29, 0.717) is 11.3 Å². The standard InChI is InChI=1S/C14H15F2N3O2/c1-8-9(6-18-19(8)2)14(21)17-7-12(20)13-10(15)4-3-5-11(13)16/h3-6,12,20H,7H2,1-2H3,(H,17,21). The van der Waals surface area contributed by atoms with Crippen molar-refractivity contribution >= 4 is 5.91 Å². The molecule has 1 aromatic heterocycles. The molecule has 2 aromatic rings. The molecule has 2 rings (SSSR count). The van der Waals surface area contributed by atoms with Crippen LogP contribution in [0.1, 0.15) is 27.7 Å². The quantitative estimate of drug-likeness (QED) is 0.897. The third kappa shape index (κ3) is 3.08. The Balaban J connectivity index is 2.06. The van der Waals surface area contributed by atoms with Crippen LogP contribution >= 0.6 is 0 Å². The van der Waals surface area contributed by atoms with Crippen LogP contribution in [0.25, 0.3) is 0 Å². The molecule has 5 nitrogen and oxygen atoms in total. The molecule has 1 heterocycles. The number of aliphatic hydroxyl groups is 1. The van der Waals surface area contributed by atoms with Gasteiger partial charge in [0.25, 0.3) is 5.91 Å². The molecule has 112 valence electrons. The molecule has 2 N–H and O–H groups in total. The second-order valence-electron chi connectivity index (χ2n) is 4.63. The van der Waals surface area contributed by atoms with Crippen molar-refractivity contribution < 1.29 is 18.7 Å². The Kier molecular flexibility index (Phi) is 4.32. The minimum atomic E-state index is -1.47. The number of nitrogens with one attached hydrogen (secondary N) is 1. The van der Waals surface area contributed by atoms with Crippen molar-refractivity contribution in [3.8, 4) is 0 Å². The molecule has 7 heteroatoms. The Labute approximate surface area is 120 Å². The van der Waals surface area contributed by atoms with Crippen LogP contribution in [0.2, 0.25) is 0 Å². The molecule has 0 saturated heterocycles. The molecule has 0 spiro atoms. The highest BCUT2D eigenvalue weighted by atomic mass is 19.1. The molecule has 1 unspecified atom stereocenters. The molecule has 0 saturated carbocycles. The van der Waals surface area contributed by atoms with Gasteiger partial charge >= 0.3 is 0 Å². The number of hydrogen-bond acceptors (Lipinski definition) is 3. The minimum Gasteiger partial charge on any atom is -0.386 e. The first-order chi connectivity index (χ1) is 9.91. The Morgan fingerprint density at radius 3 is 2.57 bits per heavy atom. The Hall–Kier alpha value is -2.28. The predicted octanol–water partition coefficient (Wildman–Crippen LogP) is 1.47. The predicted molar refractivity (Wildman–Crippen MR) is 71.6 cm³/mol. The summed E-state index contributed by atoms with van der Waals surface area (Å²) in [6, 6.07) is 3.31. The fourth-order valence-corrected chi connectivity index (χ4v) is 1.94. The summed E-state index contributed by atoms with van der Waals surface area (Å²) in [6.07, 6.45) is -0.0760. The van der Waals surface area contributed by atoms with Crippen molar-refractivity contribution in [3.05, 3.63) is 52.9 Å². The lowest BCUT2D eigenvalue weighted by atomic mass is 10.1. The molecular weight excluding hydrogens is 280 g/mol. The van der Waals surface area contributed by atoms with Gasteiger partial charge in [-0.15, -0.1) is 0 Å². The van der Waals surface area contributed by atoms with E-state index in [4.69, 9.17) is 0 Å². The van der Waals surface area contributed by atoms with E-state index in [1.54, 1.807) is 14.0 Å². The van der Waals surface area contributed by atoms with Gasteiger partial charge in [0.2, 0.25) is 0 Å². The van der Waals surface area contributed by atoms with Gasteiger partial charge in [-0.2, -0.15) is 5.10 Å². The van der Waals surface area contributed by atoms with Crippen LogP contribution in [0.4, 0.5) is 8.78 Å². The summed E-state index contributed by atoms with van der Waals surface area (Å²) >= 11 is 0. The molecule has 1 amide bonds. The number of amides is 1. The van der Waals surface area contributed by atoms with Gasteiger partial charge in [-0.25, -0.2) is 8.78 Å². The summed E-state index contributed by atoms with van der Waals surface area (Å²) in [5, 5.41) is 16.2. The lowest BCUT2D eigenvalue weighted by Gasteiger charge is -2.13. The van der Waals surface area contributed by atoms with Crippen molar-refractivity contribution in [2.75, 3.05) is 6.54 Å². The topological polar surface area (TPSA) is 67.2 Å². The fourth-order valence-electron chi connectivity index (χ4n) is 1.94. The van der Waals surface area contributed by atoms with Crippen molar-refractivity contribution in [1.82, 2.24) is 15.1 Å². The molecule has 1 aromatic carbocycles.